The van der Waals surface area contributed by atoms with Crippen molar-refractivity contribution in [1.82, 2.24) is 14.9 Å². The normalized spacial score (nSPS) is 15.0. The Balaban J connectivity index is 1.45. The van der Waals surface area contributed by atoms with Crippen LogP contribution in [-0.4, -0.2) is 47.1 Å². The zero-order valence-corrected chi connectivity index (χ0v) is 13.7. The Hall–Kier alpha value is -2.74. The molecule has 0 bridgehead atoms. The molecule has 124 valence electrons. The molecule has 1 aliphatic heterocycles. The maximum absolute atomic E-state index is 12.3. The number of para-hydroxylation sites is 1. The van der Waals surface area contributed by atoms with Crippen LogP contribution >= 0.6 is 11.3 Å². The molecule has 0 atom stereocenters. The molecular weight excluding hydrogens is 326 g/mol. The van der Waals surface area contributed by atoms with E-state index >= 15 is 0 Å². The Kier molecular flexibility index (Phi) is 3.73. The number of nitrogens with one attached hydrogen (secondary N) is 3. The van der Waals surface area contributed by atoms with E-state index in [9.17, 15) is 9.59 Å². The first-order chi connectivity index (χ1) is 11.7. The van der Waals surface area contributed by atoms with E-state index in [0.29, 0.717) is 13.1 Å². The van der Waals surface area contributed by atoms with E-state index in [0.717, 1.165) is 35.5 Å². The SMILES string of the molecule is O=C(Nc1ccsc1)N1CCN(c2cccc3[nH]c(=O)[nH]c23)CC1. The van der Waals surface area contributed by atoms with E-state index in [2.05, 4.69) is 20.2 Å². The van der Waals surface area contributed by atoms with Gasteiger partial charge >= 0.3 is 11.7 Å². The molecule has 2 aromatic heterocycles. The summed E-state index contributed by atoms with van der Waals surface area (Å²) in [6.45, 7) is 2.73. The summed E-state index contributed by atoms with van der Waals surface area (Å²) in [7, 11) is 0. The Morgan fingerprint density at radius 3 is 2.71 bits per heavy atom. The van der Waals surface area contributed by atoms with Crippen molar-refractivity contribution in [2.75, 3.05) is 36.4 Å². The highest BCUT2D eigenvalue weighted by molar-refractivity contribution is 7.08. The summed E-state index contributed by atoms with van der Waals surface area (Å²) < 4.78 is 0. The van der Waals surface area contributed by atoms with Crippen LogP contribution in [0.2, 0.25) is 0 Å². The number of carbonyl (C=O) groups excluding carboxylic acids is 1. The molecule has 0 unspecified atom stereocenters. The first-order valence-corrected chi connectivity index (χ1v) is 8.69. The van der Waals surface area contributed by atoms with Gasteiger partial charge in [-0.2, -0.15) is 11.3 Å². The van der Waals surface area contributed by atoms with Crippen molar-refractivity contribution >= 4 is 39.8 Å². The molecule has 3 aromatic rings. The number of urea groups is 1. The molecule has 3 heterocycles. The van der Waals surface area contributed by atoms with Crippen LogP contribution in [0, 0.1) is 0 Å². The fourth-order valence-corrected chi connectivity index (χ4v) is 3.58. The lowest BCUT2D eigenvalue weighted by Crippen LogP contribution is -2.50. The summed E-state index contributed by atoms with van der Waals surface area (Å²) in [6.07, 6.45) is 0. The van der Waals surface area contributed by atoms with E-state index in [4.69, 9.17) is 0 Å². The van der Waals surface area contributed by atoms with E-state index in [1.165, 1.54) is 0 Å². The molecule has 1 fully saturated rings. The van der Waals surface area contributed by atoms with Crippen molar-refractivity contribution in [3.8, 4) is 0 Å². The lowest BCUT2D eigenvalue weighted by molar-refractivity contribution is 0.208. The molecule has 4 rings (SSSR count). The number of thiophene rings is 1. The number of anilines is 2. The zero-order valence-electron chi connectivity index (χ0n) is 12.9. The Morgan fingerprint density at radius 1 is 1.12 bits per heavy atom. The number of fused-ring (bicyclic) bond motifs is 1. The summed E-state index contributed by atoms with van der Waals surface area (Å²) >= 11 is 1.56. The van der Waals surface area contributed by atoms with Gasteiger partial charge in [-0.05, 0) is 23.6 Å². The van der Waals surface area contributed by atoms with Gasteiger partial charge in [-0.25, -0.2) is 9.59 Å². The highest BCUT2D eigenvalue weighted by Gasteiger charge is 2.22. The van der Waals surface area contributed by atoms with Crippen molar-refractivity contribution in [1.29, 1.82) is 0 Å². The van der Waals surface area contributed by atoms with Gasteiger partial charge in [0.1, 0.15) is 0 Å². The van der Waals surface area contributed by atoms with Crippen LogP contribution in [0.4, 0.5) is 16.2 Å². The quantitative estimate of drug-likeness (QED) is 0.667. The van der Waals surface area contributed by atoms with E-state index in [1.54, 1.807) is 11.3 Å². The second-order valence-electron chi connectivity index (χ2n) is 5.70. The first-order valence-electron chi connectivity index (χ1n) is 7.75. The lowest BCUT2D eigenvalue weighted by Gasteiger charge is -2.36. The van der Waals surface area contributed by atoms with Crippen LogP contribution in [0.15, 0.2) is 39.8 Å². The number of hydrogen-bond acceptors (Lipinski definition) is 4. The molecule has 0 aliphatic carbocycles. The molecule has 24 heavy (non-hydrogen) atoms. The van der Waals surface area contributed by atoms with Crippen LogP contribution in [0.3, 0.4) is 0 Å². The minimum absolute atomic E-state index is 0.0682. The number of nitrogens with zero attached hydrogens (tertiary/aromatic N) is 2. The molecule has 7 nitrogen and oxygen atoms in total. The number of rotatable bonds is 2. The maximum atomic E-state index is 12.3. The molecule has 1 saturated heterocycles. The van der Waals surface area contributed by atoms with Crippen molar-refractivity contribution < 1.29 is 4.79 Å². The molecule has 8 heteroatoms. The number of amides is 2. The monoisotopic (exact) mass is 343 g/mol. The van der Waals surface area contributed by atoms with Gasteiger partial charge in [0.15, 0.2) is 0 Å². The smallest absolute Gasteiger partial charge is 0.323 e. The van der Waals surface area contributed by atoms with Crippen molar-refractivity contribution in [2.24, 2.45) is 0 Å². The number of hydrogen-bond donors (Lipinski definition) is 3. The third-order valence-corrected chi connectivity index (χ3v) is 4.89. The second kappa shape index (κ2) is 6.04. The highest BCUT2D eigenvalue weighted by atomic mass is 32.1. The number of carbonyl (C=O) groups is 1. The summed E-state index contributed by atoms with van der Waals surface area (Å²) in [5, 5.41) is 6.76. The fourth-order valence-electron chi connectivity index (χ4n) is 2.99. The number of imidazole rings is 1. The molecule has 0 radical (unpaired) electrons. The number of H-pyrrole nitrogens is 2. The van der Waals surface area contributed by atoms with E-state index in [1.807, 2.05) is 39.9 Å². The van der Waals surface area contributed by atoms with Gasteiger partial charge in [-0.3, -0.25) is 0 Å². The van der Waals surface area contributed by atoms with Gasteiger partial charge < -0.3 is 25.1 Å². The van der Waals surface area contributed by atoms with Gasteiger partial charge in [0.2, 0.25) is 0 Å². The third-order valence-electron chi connectivity index (χ3n) is 4.21. The Morgan fingerprint density at radius 2 is 1.96 bits per heavy atom. The van der Waals surface area contributed by atoms with Gasteiger partial charge in [0, 0.05) is 31.6 Å². The molecule has 3 N–H and O–H groups in total. The minimum Gasteiger partial charge on any atom is -0.366 e. The minimum atomic E-state index is -0.203. The van der Waals surface area contributed by atoms with Gasteiger partial charge in [0.05, 0.1) is 22.4 Å². The number of piperazine rings is 1. The van der Waals surface area contributed by atoms with Crippen LogP contribution in [0.25, 0.3) is 11.0 Å². The third kappa shape index (κ3) is 2.76. The fraction of sp³-hybridized carbons (Fsp3) is 0.250. The van der Waals surface area contributed by atoms with Crippen molar-refractivity contribution in [3.63, 3.8) is 0 Å². The predicted molar refractivity (Wildman–Crippen MR) is 96.0 cm³/mol. The summed E-state index contributed by atoms with van der Waals surface area (Å²) in [6, 6.07) is 7.62. The number of aromatic amines is 2. The summed E-state index contributed by atoms with van der Waals surface area (Å²) in [5.74, 6) is 0. The second-order valence-corrected chi connectivity index (χ2v) is 6.48. The van der Waals surface area contributed by atoms with Crippen molar-refractivity contribution in [3.05, 3.63) is 45.5 Å². The maximum Gasteiger partial charge on any atom is 0.323 e. The zero-order chi connectivity index (χ0) is 16.5. The number of aromatic nitrogens is 2. The van der Waals surface area contributed by atoms with Crippen LogP contribution in [-0.2, 0) is 0 Å². The van der Waals surface area contributed by atoms with Crippen LogP contribution in [0.1, 0.15) is 0 Å². The molecule has 2 amide bonds. The largest absolute Gasteiger partial charge is 0.366 e. The van der Waals surface area contributed by atoms with Gasteiger partial charge in [0.25, 0.3) is 0 Å². The molecule has 1 aliphatic rings. The number of benzene rings is 1. The van der Waals surface area contributed by atoms with Gasteiger partial charge in [-0.15, -0.1) is 0 Å². The van der Waals surface area contributed by atoms with Crippen LogP contribution < -0.4 is 15.9 Å². The average molecular weight is 343 g/mol. The van der Waals surface area contributed by atoms with E-state index in [-0.39, 0.29) is 11.7 Å². The first kappa shape index (κ1) is 14.8. The molecular formula is C16H17N5O2S. The average Bonchev–Trinajstić information content (AvgIpc) is 3.23. The molecule has 1 aromatic carbocycles. The Labute approximate surface area is 141 Å². The van der Waals surface area contributed by atoms with E-state index < -0.39 is 0 Å². The lowest BCUT2D eigenvalue weighted by atomic mass is 10.2. The topological polar surface area (TPSA) is 84.2 Å². The standard InChI is InChI=1S/C16H17N5O2S/c22-15-18-12-2-1-3-13(14(12)19-15)20-5-7-21(8-6-20)16(23)17-11-4-9-24-10-11/h1-4,9-10H,5-8H2,(H,17,23)(H2,18,19,22). The predicted octanol–water partition coefficient (Wildman–Crippen LogP) is 2.27. The highest BCUT2D eigenvalue weighted by Crippen LogP contribution is 2.24. The van der Waals surface area contributed by atoms with Crippen LogP contribution in [0.5, 0.6) is 0 Å². The molecule has 0 spiro atoms. The summed E-state index contributed by atoms with van der Waals surface area (Å²) in [4.78, 5) is 33.4. The van der Waals surface area contributed by atoms with Gasteiger partial charge in [-0.1, -0.05) is 6.07 Å². The summed E-state index contributed by atoms with van der Waals surface area (Å²) in [5.41, 5.74) is 3.24. The Bertz CT molecular complexity index is 906. The molecule has 0 saturated carbocycles. The van der Waals surface area contributed by atoms with Crippen molar-refractivity contribution in [2.45, 2.75) is 0 Å².